The van der Waals surface area contributed by atoms with Crippen LogP contribution in [0.15, 0.2) is 24.3 Å². The van der Waals surface area contributed by atoms with Crippen molar-refractivity contribution in [2.24, 2.45) is 5.92 Å². The zero-order chi connectivity index (χ0) is 12.3. The number of hydrogen-bond acceptors (Lipinski definition) is 2. The molecule has 2 nitrogen and oxygen atoms in total. The number of nitrogens with one attached hydrogen (secondary N) is 1. The normalized spacial score (nSPS) is 16.9. The Kier molecular flexibility index (Phi) is 3.82. The second-order valence-corrected chi connectivity index (χ2v) is 4.37. The largest absolute Gasteiger partial charge is 0.433 e. The van der Waals surface area contributed by atoms with E-state index in [-0.39, 0.29) is 5.75 Å². The van der Waals surface area contributed by atoms with Crippen LogP contribution in [0.3, 0.4) is 0 Å². The molecule has 2 rings (SSSR count). The van der Waals surface area contributed by atoms with Crippen LogP contribution < -0.4 is 10.1 Å². The summed E-state index contributed by atoms with van der Waals surface area (Å²) in [5, 5.41) is 3.31. The van der Waals surface area contributed by atoms with Crippen LogP contribution >= 0.6 is 0 Å². The summed E-state index contributed by atoms with van der Waals surface area (Å²) in [7, 11) is 0. The summed E-state index contributed by atoms with van der Waals surface area (Å²) in [5.74, 6) is 0.904. The van der Waals surface area contributed by atoms with E-state index in [2.05, 4.69) is 17.0 Å². The van der Waals surface area contributed by atoms with Crippen molar-refractivity contribution < 1.29 is 13.5 Å². The second kappa shape index (κ2) is 5.34. The predicted octanol–water partition coefficient (Wildman–Crippen LogP) is 3.89. The van der Waals surface area contributed by atoms with Gasteiger partial charge in [0.2, 0.25) is 0 Å². The van der Waals surface area contributed by atoms with E-state index in [4.69, 9.17) is 0 Å². The molecule has 17 heavy (non-hydrogen) atoms. The van der Waals surface area contributed by atoms with Gasteiger partial charge in [-0.3, -0.25) is 0 Å². The van der Waals surface area contributed by atoms with E-state index >= 15 is 0 Å². The number of halogens is 2. The first kappa shape index (κ1) is 12.1. The topological polar surface area (TPSA) is 21.3 Å². The van der Waals surface area contributed by atoms with Gasteiger partial charge in [-0.2, -0.15) is 8.78 Å². The molecular weight excluding hydrogens is 224 g/mol. The molecule has 0 amide bonds. The third-order valence-electron chi connectivity index (χ3n) is 3.07. The third kappa shape index (κ3) is 3.32. The number of ether oxygens (including phenoxy) is 1. The van der Waals surface area contributed by atoms with Crippen molar-refractivity contribution in [2.75, 3.05) is 5.32 Å². The molecule has 1 fully saturated rings. The highest BCUT2D eigenvalue weighted by Crippen LogP contribution is 2.37. The molecule has 0 saturated heterocycles. The molecule has 0 aromatic heterocycles. The summed E-state index contributed by atoms with van der Waals surface area (Å²) in [6.45, 7) is -0.675. The van der Waals surface area contributed by atoms with Crippen LogP contribution in [0.2, 0.25) is 0 Å². The summed E-state index contributed by atoms with van der Waals surface area (Å²) < 4.78 is 29.0. The van der Waals surface area contributed by atoms with Gasteiger partial charge < -0.3 is 10.1 Å². The SMILES string of the molecule is CCC(Nc1ccccc1OC(F)F)C1CC1. The van der Waals surface area contributed by atoms with Crippen LogP contribution in [-0.4, -0.2) is 12.7 Å². The lowest BCUT2D eigenvalue weighted by atomic mass is 10.1. The number of anilines is 1. The Balaban J connectivity index is 2.07. The Hall–Kier alpha value is -1.32. The summed E-state index contributed by atoms with van der Waals surface area (Å²) in [6, 6.07) is 7.22. The van der Waals surface area contributed by atoms with Gasteiger partial charge in [-0.25, -0.2) is 0 Å². The zero-order valence-electron chi connectivity index (χ0n) is 9.83. The number of rotatable bonds is 6. The Morgan fingerprint density at radius 2 is 2.06 bits per heavy atom. The van der Waals surface area contributed by atoms with E-state index in [1.165, 1.54) is 12.8 Å². The van der Waals surface area contributed by atoms with E-state index in [9.17, 15) is 8.78 Å². The molecule has 0 spiro atoms. The van der Waals surface area contributed by atoms with Gasteiger partial charge >= 0.3 is 6.61 Å². The summed E-state index contributed by atoms with van der Waals surface area (Å²) in [4.78, 5) is 0. The molecule has 94 valence electrons. The van der Waals surface area contributed by atoms with Crippen LogP contribution in [-0.2, 0) is 0 Å². The first-order valence-corrected chi connectivity index (χ1v) is 6.01. The zero-order valence-corrected chi connectivity index (χ0v) is 9.83. The van der Waals surface area contributed by atoms with Gasteiger partial charge in [0.15, 0.2) is 0 Å². The summed E-state index contributed by atoms with van der Waals surface area (Å²) in [5.41, 5.74) is 0.659. The van der Waals surface area contributed by atoms with E-state index in [0.717, 1.165) is 6.42 Å². The molecule has 1 N–H and O–H groups in total. The van der Waals surface area contributed by atoms with E-state index in [1.807, 2.05) is 6.07 Å². The van der Waals surface area contributed by atoms with E-state index in [0.29, 0.717) is 17.6 Å². The lowest BCUT2D eigenvalue weighted by molar-refractivity contribution is -0.0493. The van der Waals surface area contributed by atoms with Crippen molar-refractivity contribution in [3.8, 4) is 5.75 Å². The molecule has 1 saturated carbocycles. The first-order valence-electron chi connectivity index (χ1n) is 6.01. The minimum Gasteiger partial charge on any atom is -0.433 e. The molecule has 1 aromatic carbocycles. The van der Waals surface area contributed by atoms with Crippen molar-refractivity contribution in [1.29, 1.82) is 0 Å². The maximum atomic E-state index is 12.2. The number of alkyl halides is 2. The molecule has 0 radical (unpaired) electrons. The van der Waals surface area contributed by atoms with Gasteiger partial charge in [0, 0.05) is 6.04 Å². The highest BCUT2D eigenvalue weighted by atomic mass is 19.3. The maximum Gasteiger partial charge on any atom is 0.387 e. The molecule has 0 bridgehead atoms. The predicted molar refractivity (Wildman–Crippen MR) is 63.5 cm³/mol. The molecule has 1 unspecified atom stereocenters. The van der Waals surface area contributed by atoms with Crippen molar-refractivity contribution >= 4 is 5.69 Å². The van der Waals surface area contributed by atoms with Gasteiger partial charge in [-0.05, 0) is 37.3 Å². The van der Waals surface area contributed by atoms with Crippen molar-refractivity contribution in [2.45, 2.75) is 38.8 Å². The Morgan fingerprint density at radius 3 is 2.65 bits per heavy atom. The standard InChI is InChI=1S/C13H17F2NO/c1-2-10(9-7-8-9)16-11-5-3-4-6-12(11)17-13(14)15/h3-6,9-10,13,16H,2,7-8H2,1H3. The van der Waals surface area contributed by atoms with Crippen LogP contribution in [0.25, 0.3) is 0 Å². The average Bonchev–Trinajstić information content (AvgIpc) is 3.11. The third-order valence-corrected chi connectivity index (χ3v) is 3.07. The smallest absolute Gasteiger partial charge is 0.387 e. The van der Waals surface area contributed by atoms with Gasteiger partial charge in [-0.1, -0.05) is 19.1 Å². The number of hydrogen-bond donors (Lipinski definition) is 1. The lowest BCUT2D eigenvalue weighted by Crippen LogP contribution is -2.21. The maximum absolute atomic E-state index is 12.2. The Morgan fingerprint density at radius 1 is 1.35 bits per heavy atom. The molecule has 1 aliphatic rings. The molecular formula is C13H17F2NO. The van der Waals surface area contributed by atoms with Crippen LogP contribution in [0.5, 0.6) is 5.75 Å². The molecule has 1 aromatic rings. The summed E-state index contributed by atoms with van der Waals surface area (Å²) >= 11 is 0. The molecule has 1 aliphatic carbocycles. The molecule has 0 aliphatic heterocycles. The summed E-state index contributed by atoms with van der Waals surface area (Å²) in [6.07, 6.45) is 3.44. The van der Waals surface area contributed by atoms with Crippen LogP contribution in [0, 0.1) is 5.92 Å². The number of para-hydroxylation sites is 2. The molecule has 0 heterocycles. The van der Waals surface area contributed by atoms with Crippen molar-refractivity contribution in [3.05, 3.63) is 24.3 Å². The Labute approximate surface area is 100.0 Å². The second-order valence-electron chi connectivity index (χ2n) is 4.37. The fourth-order valence-electron chi connectivity index (χ4n) is 2.04. The van der Waals surface area contributed by atoms with Gasteiger partial charge in [0.1, 0.15) is 5.75 Å². The fourth-order valence-corrected chi connectivity index (χ4v) is 2.04. The lowest BCUT2D eigenvalue weighted by Gasteiger charge is -2.19. The van der Waals surface area contributed by atoms with Gasteiger partial charge in [0.25, 0.3) is 0 Å². The van der Waals surface area contributed by atoms with Crippen LogP contribution in [0.1, 0.15) is 26.2 Å². The average molecular weight is 241 g/mol. The highest BCUT2D eigenvalue weighted by molar-refractivity contribution is 5.56. The van der Waals surface area contributed by atoms with E-state index < -0.39 is 6.61 Å². The molecule has 1 atom stereocenters. The first-order chi connectivity index (χ1) is 8.20. The van der Waals surface area contributed by atoms with Crippen LogP contribution in [0.4, 0.5) is 14.5 Å². The quantitative estimate of drug-likeness (QED) is 0.815. The van der Waals surface area contributed by atoms with E-state index in [1.54, 1.807) is 18.2 Å². The number of benzene rings is 1. The van der Waals surface area contributed by atoms with Gasteiger partial charge in [-0.15, -0.1) is 0 Å². The fraction of sp³-hybridized carbons (Fsp3) is 0.538. The monoisotopic (exact) mass is 241 g/mol. The minimum atomic E-state index is -2.78. The van der Waals surface area contributed by atoms with Crippen molar-refractivity contribution in [3.63, 3.8) is 0 Å². The van der Waals surface area contributed by atoms with Gasteiger partial charge in [0.05, 0.1) is 5.69 Å². The van der Waals surface area contributed by atoms with Crippen molar-refractivity contribution in [1.82, 2.24) is 0 Å². The molecule has 4 heteroatoms. The minimum absolute atomic E-state index is 0.224. The Bertz CT molecular complexity index is 366. The highest BCUT2D eigenvalue weighted by Gasteiger charge is 2.30.